The van der Waals surface area contributed by atoms with Crippen LogP contribution >= 0.6 is 0 Å². The maximum atomic E-state index is 12.8. The average molecular weight is 382 g/mol. The number of nitrogens with zero attached hydrogens (tertiary/aromatic N) is 2. The fraction of sp³-hybridized carbons (Fsp3) is 0.200. The third-order valence-electron chi connectivity index (χ3n) is 3.91. The van der Waals surface area contributed by atoms with Gasteiger partial charge in [0, 0.05) is 18.7 Å². The Morgan fingerprint density at radius 1 is 1.07 bits per heavy atom. The summed E-state index contributed by atoms with van der Waals surface area (Å²) in [6.07, 6.45) is 0.137. The van der Waals surface area contributed by atoms with Crippen LogP contribution < -0.4 is 10.6 Å². The Morgan fingerprint density at radius 2 is 1.82 bits per heavy atom. The van der Waals surface area contributed by atoms with Crippen LogP contribution in [0.4, 0.5) is 4.39 Å². The van der Waals surface area contributed by atoms with Gasteiger partial charge in [0.2, 0.25) is 11.7 Å². The lowest BCUT2D eigenvalue weighted by Gasteiger charge is -2.06. The standard InChI is InChI=1S/C20H19FN4O3/c1-13-3-2-4-15(11-13)18-24-20(28-25-18)19(27)23-10-9-22-17(26)12-14-5-7-16(21)8-6-14/h2-8,11H,9-10,12H2,1H3,(H,22,26)(H,23,27). The molecule has 7 nitrogen and oxygen atoms in total. The number of amides is 2. The SMILES string of the molecule is Cc1cccc(-c2noc(C(=O)NCCNC(=O)Cc3ccc(F)cc3)n2)c1. The number of carbonyl (C=O) groups is 2. The third kappa shape index (κ3) is 5.23. The molecule has 0 unspecified atom stereocenters. The van der Waals surface area contributed by atoms with Crippen molar-refractivity contribution in [2.24, 2.45) is 0 Å². The second-order valence-corrected chi connectivity index (χ2v) is 6.20. The van der Waals surface area contributed by atoms with E-state index in [-0.39, 0.29) is 37.1 Å². The number of carbonyl (C=O) groups excluding carboxylic acids is 2. The van der Waals surface area contributed by atoms with E-state index >= 15 is 0 Å². The summed E-state index contributed by atoms with van der Waals surface area (Å²) in [5.74, 6) is -0.895. The first-order valence-corrected chi connectivity index (χ1v) is 8.71. The number of halogens is 1. The highest BCUT2D eigenvalue weighted by Gasteiger charge is 2.15. The molecular formula is C20H19FN4O3. The lowest BCUT2D eigenvalue weighted by Crippen LogP contribution is -2.35. The summed E-state index contributed by atoms with van der Waals surface area (Å²) >= 11 is 0. The summed E-state index contributed by atoms with van der Waals surface area (Å²) in [5, 5.41) is 9.09. The molecule has 0 spiro atoms. The number of aromatic nitrogens is 2. The molecule has 0 aliphatic heterocycles. The van der Waals surface area contributed by atoms with Crippen molar-refractivity contribution in [3.8, 4) is 11.4 Å². The number of hydrogen-bond acceptors (Lipinski definition) is 5. The van der Waals surface area contributed by atoms with Crippen LogP contribution in [0.25, 0.3) is 11.4 Å². The molecule has 144 valence electrons. The Labute approximate surface area is 161 Å². The lowest BCUT2D eigenvalue weighted by molar-refractivity contribution is -0.120. The van der Waals surface area contributed by atoms with E-state index in [0.717, 1.165) is 11.1 Å². The van der Waals surface area contributed by atoms with E-state index in [2.05, 4.69) is 20.8 Å². The summed E-state index contributed by atoms with van der Waals surface area (Å²) in [5.41, 5.74) is 2.51. The van der Waals surface area contributed by atoms with Crippen LogP contribution in [0.3, 0.4) is 0 Å². The topological polar surface area (TPSA) is 97.1 Å². The van der Waals surface area contributed by atoms with Gasteiger partial charge in [0.25, 0.3) is 0 Å². The molecule has 3 aromatic rings. The molecule has 2 aromatic carbocycles. The van der Waals surface area contributed by atoms with Gasteiger partial charge in [-0.15, -0.1) is 0 Å². The molecule has 0 radical (unpaired) electrons. The van der Waals surface area contributed by atoms with Crippen LogP contribution in [-0.2, 0) is 11.2 Å². The first kappa shape index (κ1) is 19.2. The van der Waals surface area contributed by atoms with Gasteiger partial charge in [-0.1, -0.05) is 41.1 Å². The molecule has 1 aromatic heterocycles. The fourth-order valence-electron chi connectivity index (χ4n) is 2.52. The second-order valence-electron chi connectivity index (χ2n) is 6.20. The highest BCUT2D eigenvalue weighted by molar-refractivity contribution is 5.89. The Morgan fingerprint density at radius 3 is 2.57 bits per heavy atom. The number of benzene rings is 2. The van der Waals surface area contributed by atoms with Crippen molar-refractivity contribution in [2.75, 3.05) is 13.1 Å². The fourth-order valence-corrected chi connectivity index (χ4v) is 2.52. The van der Waals surface area contributed by atoms with Crippen molar-refractivity contribution in [3.05, 3.63) is 71.4 Å². The van der Waals surface area contributed by atoms with E-state index in [0.29, 0.717) is 11.4 Å². The molecule has 0 saturated carbocycles. The van der Waals surface area contributed by atoms with E-state index < -0.39 is 5.91 Å². The molecule has 0 atom stereocenters. The number of aryl methyl sites for hydroxylation is 1. The van der Waals surface area contributed by atoms with Gasteiger partial charge in [-0.3, -0.25) is 9.59 Å². The normalized spacial score (nSPS) is 10.5. The van der Waals surface area contributed by atoms with Gasteiger partial charge >= 0.3 is 11.8 Å². The third-order valence-corrected chi connectivity index (χ3v) is 3.91. The summed E-state index contributed by atoms with van der Waals surface area (Å²) in [7, 11) is 0. The molecule has 0 bridgehead atoms. The second kappa shape index (κ2) is 8.90. The van der Waals surface area contributed by atoms with Crippen molar-refractivity contribution in [1.29, 1.82) is 0 Å². The molecule has 0 saturated heterocycles. The van der Waals surface area contributed by atoms with Crippen LogP contribution in [0.2, 0.25) is 0 Å². The molecular weight excluding hydrogens is 363 g/mol. The smallest absolute Gasteiger partial charge is 0.316 e. The van der Waals surface area contributed by atoms with Crippen LogP contribution in [0.15, 0.2) is 53.1 Å². The first-order chi connectivity index (χ1) is 13.5. The summed E-state index contributed by atoms with van der Waals surface area (Å²) in [4.78, 5) is 28.0. The quantitative estimate of drug-likeness (QED) is 0.611. The zero-order valence-corrected chi connectivity index (χ0v) is 15.2. The van der Waals surface area contributed by atoms with Gasteiger partial charge in [0.15, 0.2) is 0 Å². The van der Waals surface area contributed by atoms with Crippen molar-refractivity contribution >= 4 is 11.8 Å². The lowest BCUT2D eigenvalue weighted by atomic mass is 10.1. The number of rotatable bonds is 7. The van der Waals surface area contributed by atoms with Crippen molar-refractivity contribution < 1.29 is 18.5 Å². The van der Waals surface area contributed by atoms with E-state index in [4.69, 9.17) is 4.52 Å². The highest BCUT2D eigenvalue weighted by Crippen LogP contribution is 2.16. The van der Waals surface area contributed by atoms with Crippen molar-refractivity contribution in [1.82, 2.24) is 20.8 Å². The van der Waals surface area contributed by atoms with Crippen LogP contribution in [-0.4, -0.2) is 35.0 Å². The monoisotopic (exact) mass is 382 g/mol. The van der Waals surface area contributed by atoms with Gasteiger partial charge in [-0.25, -0.2) is 4.39 Å². The van der Waals surface area contributed by atoms with Gasteiger partial charge in [0.1, 0.15) is 5.82 Å². The average Bonchev–Trinajstić information content (AvgIpc) is 3.17. The van der Waals surface area contributed by atoms with Gasteiger partial charge in [-0.05, 0) is 30.7 Å². The van der Waals surface area contributed by atoms with Crippen molar-refractivity contribution in [2.45, 2.75) is 13.3 Å². The maximum Gasteiger partial charge on any atom is 0.316 e. The predicted molar refractivity (Wildman–Crippen MR) is 99.9 cm³/mol. The maximum absolute atomic E-state index is 12.8. The molecule has 2 amide bonds. The molecule has 28 heavy (non-hydrogen) atoms. The number of nitrogens with one attached hydrogen (secondary N) is 2. The minimum Gasteiger partial charge on any atom is -0.354 e. The summed E-state index contributed by atoms with van der Waals surface area (Å²) in [6, 6.07) is 13.3. The van der Waals surface area contributed by atoms with E-state index in [1.54, 1.807) is 12.1 Å². The molecule has 1 heterocycles. The summed E-state index contributed by atoms with van der Waals surface area (Å²) in [6.45, 7) is 2.39. The summed E-state index contributed by atoms with van der Waals surface area (Å²) < 4.78 is 17.8. The minimum atomic E-state index is -0.515. The number of hydrogen-bond donors (Lipinski definition) is 2. The molecule has 3 rings (SSSR count). The largest absolute Gasteiger partial charge is 0.354 e. The van der Waals surface area contributed by atoms with E-state index in [1.165, 1.54) is 12.1 Å². The Bertz CT molecular complexity index is 970. The van der Waals surface area contributed by atoms with Gasteiger partial charge in [0.05, 0.1) is 6.42 Å². The van der Waals surface area contributed by atoms with Crippen LogP contribution in [0.5, 0.6) is 0 Å². The van der Waals surface area contributed by atoms with Gasteiger partial charge < -0.3 is 15.2 Å². The molecule has 2 N–H and O–H groups in total. The van der Waals surface area contributed by atoms with Crippen molar-refractivity contribution in [3.63, 3.8) is 0 Å². The van der Waals surface area contributed by atoms with E-state index in [9.17, 15) is 14.0 Å². The zero-order valence-electron chi connectivity index (χ0n) is 15.2. The Hall–Kier alpha value is -3.55. The Balaban J connectivity index is 1.43. The molecule has 0 aliphatic carbocycles. The van der Waals surface area contributed by atoms with Gasteiger partial charge in [-0.2, -0.15) is 4.98 Å². The molecule has 0 aliphatic rings. The van der Waals surface area contributed by atoms with Crippen LogP contribution in [0, 0.1) is 12.7 Å². The highest BCUT2D eigenvalue weighted by atomic mass is 19.1. The Kier molecular flexibility index (Phi) is 6.11. The van der Waals surface area contributed by atoms with E-state index in [1.807, 2.05) is 31.2 Å². The van der Waals surface area contributed by atoms with Crippen LogP contribution in [0.1, 0.15) is 21.8 Å². The molecule has 0 fully saturated rings. The predicted octanol–water partition coefficient (Wildman–Crippen LogP) is 2.27. The minimum absolute atomic E-state index is 0.137. The first-order valence-electron chi connectivity index (χ1n) is 8.71. The zero-order chi connectivity index (χ0) is 19.9. The molecule has 8 heteroatoms.